The molecule has 5 heteroatoms. The minimum atomic E-state index is 0.312. The molecule has 2 aliphatic heterocycles. The van der Waals surface area contributed by atoms with E-state index in [0.717, 1.165) is 70.0 Å². The zero-order chi connectivity index (χ0) is 16.9. The molecule has 1 saturated heterocycles. The number of rotatable bonds is 5. The van der Waals surface area contributed by atoms with Gasteiger partial charge in [-0.15, -0.1) is 0 Å². The number of hydrogen-bond donors (Lipinski definition) is 2. The second-order valence-corrected chi connectivity index (χ2v) is 6.84. The van der Waals surface area contributed by atoms with Crippen LogP contribution in [0.5, 0.6) is 0 Å². The van der Waals surface area contributed by atoms with Gasteiger partial charge in [-0.1, -0.05) is 30.3 Å². The highest BCUT2D eigenvalue weighted by Crippen LogP contribution is 2.22. The highest BCUT2D eigenvalue weighted by atomic mass is 16.5. The van der Waals surface area contributed by atoms with E-state index in [2.05, 4.69) is 34.9 Å². The summed E-state index contributed by atoms with van der Waals surface area (Å²) in [5.74, 6) is 1.91. The Bertz CT molecular complexity index is 698. The topological polar surface area (TPSA) is 59.1 Å². The fourth-order valence-corrected chi connectivity index (χ4v) is 3.62. The fraction of sp³-hybridized carbons (Fsp3) is 0.500. The van der Waals surface area contributed by atoms with E-state index < -0.39 is 0 Å². The van der Waals surface area contributed by atoms with Gasteiger partial charge in [0.2, 0.25) is 0 Å². The Balaban J connectivity index is 1.58. The summed E-state index contributed by atoms with van der Waals surface area (Å²) in [6.07, 6.45) is 5.34. The highest BCUT2D eigenvalue weighted by Gasteiger charge is 2.19. The first-order valence-electron chi connectivity index (χ1n) is 9.37. The molecular weight excluding hydrogens is 312 g/mol. The smallest absolute Gasteiger partial charge is 0.135 e. The van der Waals surface area contributed by atoms with Crippen LogP contribution in [0.2, 0.25) is 0 Å². The van der Waals surface area contributed by atoms with Gasteiger partial charge in [0, 0.05) is 38.1 Å². The Morgan fingerprint density at radius 1 is 1.12 bits per heavy atom. The van der Waals surface area contributed by atoms with Gasteiger partial charge < -0.3 is 15.4 Å². The van der Waals surface area contributed by atoms with E-state index in [9.17, 15) is 0 Å². The summed E-state index contributed by atoms with van der Waals surface area (Å²) in [5, 5.41) is 7.03. The van der Waals surface area contributed by atoms with Crippen LogP contribution in [-0.2, 0) is 24.0 Å². The van der Waals surface area contributed by atoms with Crippen LogP contribution in [0.1, 0.15) is 35.5 Å². The van der Waals surface area contributed by atoms with Gasteiger partial charge in [-0.05, 0) is 31.4 Å². The van der Waals surface area contributed by atoms with Crippen LogP contribution in [0.15, 0.2) is 30.3 Å². The second kappa shape index (κ2) is 7.93. The Morgan fingerprint density at radius 2 is 2.00 bits per heavy atom. The molecule has 5 nitrogen and oxygen atoms in total. The van der Waals surface area contributed by atoms with Gasteiger partial charge in [0.15, 0.2) is 0 Å². The molecule has 0 amide bonds. The van der Waals surface area contributed by atoms with Crippen LogP contribution in [0.3, 0.4) is 0 Å². The Kier molecular flexibility index (Phi) is 5.23. The van der Waals surface area contributed by atoms with Crippen molar-refractivity contribution in [1.82, 2.24) is 15.3 Å². The van der Waals surface area contributed by atoms with Gasteiger partial charge in [-0.25, -0.2) is 9.97 Å². The maximum absolute atomic E-state index is 5.75. The molecule has 0 saturated carbocycles. The molecule has 1 unspecified atom stereocenters. The SMILES string of the molecule is c1ccc(Cc2nc3c(c(NCC4CCCO4)n2)CCNCC3)cc1. The largest absolute Gasteiger partial charge is 0.376 e. The summed E-state index contributed by atoms with van der Waals surface area (Å²) in [5.41, 5.74) is 3.72. The minimum Gasteiger partial charge on any atom is -0.376 e. The van der Waals surface area contributed by atoms with Gasteiger partial charge in [0.1, 0.15) is 11.6 Å². The van der Waals surface area contributed by atoms with Crippen molar-refractivity contribution in [3.63, 3.8) is 0 Å². The zero-order valence-electron chi connectivity index (χ0n) is 14.6. The monoisotopic (exact) mass is 338 g/mol. The van der Waals surface area contributed by atoms with Crippen molar-refractivity contribution in [2.75, 3.05) is 31.6 Å². The molecule has 2 aliphatic rings. The molecule has 0 radical (unpaired) electrons. The molecule has 1 aromatic heterocycles. The standard InChI is InChI=1S/C20H26N4O/c1-2-5-15(6-3-1)13-19-23-18-9-11-21-10-8-17(18)20(24-19)22-14-16-7-4-12-25-16/h1-3,5-6,16,21H,4,7-14H2,(H,22,23,24). The minimum absolute atomic E-state index is 0.312. The lowest BCUT2D eigenvalue weighted by Crippen LogP contribution is -2.21. The van der Waals surface area contributed by atoms with Crippen LogP contribution in [0, 0.1) is 0 Å². The quantitative estimate of drug-likeness (QED) is 0.876. The van der Waals surface area contributed by atoms with Gasteiger partial charge >= 0.3 is 0 Å². The number of fused-ring (bicyclic) bond motifs is 1. The molecule has 0 spiro atoms. The summed E-state index contributed by atoms with van der Waals surface area (Å²) in [6, 6.07) is 10.5. The van der Waals surface area contributed by atoms with Crippen molar-refractivity contribution in [3.8, 4) is 0 Å². The lowest BCUT2D eigenvalue weighted by atomic mass is 10.1. The van der Waals surface area contributed by atoms with Crippen LogP contribution in [0.4, 0.5) is 5.82 Å². The van der Waals surface area contributed by atoms with E-state index in [0.29, 0.717) is 6.10 Å². The first-order valence-corrected chi connectivity index (χ1v) is 9.37. The normalized spacial score (nSPS) is 20.1. The third-order valence-corrected chi connectivity index (χ3v) is 4.96. The average molecular weight is 338 g/mol. The number of anilines is 1. The lowest BCUT2D eigenvalue weighted by molar-refractivity contribution is 0.120. The summed E-state index contributed by atoms with van der Waals surface area (Å²) in [7, 11) is 0. The third kappa shape index (κ3) is 4.17. The molecular formula is C20H26N4O. The van der Waals surface area contributed by atoms with Crippen LogP contribution in [-0.4, -0.2) is 42.3 Å². The fourth-order valence-electron chi connectivity index (χ4n) is 3.62. The van der Waals surface area contributed by atoms with Crippen molar-refractivity contribution in [3.05, 3.63) is 53.0 Å². The highest BCUT2D eigenvalue weighted by molar-refractivity contribution is 5.48. The zero-order valence-corrected chi connectivity index (χ0v) is 14.6. The predicted octanol–water partition coefficient (Wildman–Crippen LogP) is 2.35. The lowest BCUT2D eigenvalue weighted by Gasteiger charge is -2.17. The Labute approximate surface area is 149 Å². The Morgan fingerprint density at radius 3 is 2.84 bits per heavy atom. The van der Waals surface area contributed by atoms with Crippen LogP contribution in [0.25, 0.3) is 0 Å². The molecule has 1 aromatic carbocycles. The summed E-state index contributed by atoms with van der Waals surface area (Å²) in [6.45, 7) is 3.70. The maximum atomic E-state index is 5.75. The first kappa shape index (κ1) is 16.5. The van der Waals surface area contributed by atoms with Crippen LogP contribution < -0.4 is 10.6 Å². The third-order valence-electron chi connectivity index (χ3n) is 4.96. The second-order valence-electron chi connectivity index (χ2n) is 6.84. The van der Waals surface area contributed by atoms with Crippen molar-refractivity contribution >= 4 is 5.82 Å². The number of ether oxygens (including phenoxy) is 1. The van der Waals surface area contributed by atoms with E-state index in [4.69, 9.17) is 14.7 Å². The van der Waals surface area contributed by atoms with Gasteiger partial charge in [-0.2, -0.15) is 0 Å². The molecule has 3 heterocycles. The molecule has 1 atom stereocenters. The number of aromatic nitrogens is 2. The molecule has 4 rings (SSSR count). The number of benzene rings is 1. The first-order chi connectivity index (χ1) is 12.4. The molecule has 25 heavy (non-hydrogen) atoms. The molecule has 2 N–H and O–H groups in total. The maximum Gasteiger partial charge on any atom is 0.135 e. The number of nitrogens with one attached hydrogen (secondary N) is 2. The van der Waals surface area contributed by atoms with Gasteiger partial charge in [0.25, 0.3) is 0 Å². The van der Waals surface area contributed by atoms with E-state index in [1.165, 1.54) is 16.8 Å². The number of hydrogen-bond acceptors (Lipinski definition) is 5. The van der Waals surface area contributed by atoms with Crippen LogP contribution >= 0.6 is 0 Å². The number of nitrogens with zero attached hydrogens (tertiary/aromatic N) is 2. The molecule has 0 aliphatic carbocycles. The molecule has 2 aromatic rings. The summed E-state index contributed by atoms with van der Waals surface area (Å²) >= 11 is 0. The van der Waals surface area contributed by atoms with Gasteiger partial charge in [0.05, 0.1) is 11.8 Å². The van der Waals surface area contributed by atoms with E-state index in [1.54, 1.807) is 0 Å². The molecule has 132 valence electrons. The van der Waals surface area contributed by atoms with E-state index in [-0.39, 0.29) is 0 Å². The summed E-state index contributed by atoms with van der Waals surface area (Å²) < 4.78 is 5.75. The Hall–Kier alpha value is -1.98. The van der Waals surface area contributed by atoms with Crippen molar-refractivity contribution in [2.45, 2.75) is 38.2 Å². The van der Waals surface area contributed by atoms with Crippen molar-refractivity contribution in [1.29, 1.82) is 0 Å². The van der Waals surface area contributed by atoms with Gasteiger partial charge in [-0.3, -0.25) is 0 Å². The van der Waals surface area contributed by atoms with E-state index >= 15 is 0 Å². The molecule has 0 bridgehead atoms. The van der Waals surface area contributed by atoms with Crippen molar-refractivity contribution < 1.29 is 4.74 Å². The average Bonchev–Trinajstić information content (AvgIpc) is 3.05. The molecule has 1 fully saturated rings. The van der Waals surface area contributed by atoms with E-state index in [1.807, 2.05) is 6.07 Å². The van der Waals surface area contributed by atoms with Crippen molar-refractivity contribution in [2.24, 2.45) is 0 Å². The predicted molar refractivity (Wildman–Crippen MR) is 99.0 cm³/mol. The summed E-state index contributed by atoms with van der Waals surface area (Å²) in [4.78, 5) is 9.77.